The van der Waals surface area contributed by atoms with Crippen LogP contribution >= 0.6 is 0 Å². The van der Waals surface area contributed by atoms with Crippen LogP contribution < -0.4 is 28.7 Å². The molecule has 4 aromatic carbocycles. The van der Waals surface area contributed by atoms with E-state index in [9.17, 15) is 0 Å². The highest BCUT2D eigenvalue weighted by atomic mass is 35.7. The molecule has 1 N–H and O–H groups in total. The Morgan fingerprint density at radius 1 is 0.486 bits per heavy atom. The lowest BCUT2D eigenvalue weighted by atomic mass is 10.0. The summed E-state index contributed by atoms with van der Waals surface area (Å²) in [7, 11) is -4.94. The zero-order valence-corrected chi connectivity index (χ0v) is 21.0. The van der Waals surface area contributed by atoms with Crippen molar-refractivity contribution in [1.29, 1.82) is 0 Å². The average molecular weight is 493 g/mol. The number of anilines is 1. The maximum absolute atomic E-state index is 8.49. The molecule has 35 heavy (non-hydrogen) atoms. The number of nitrogens with one attached hydrogen (secondary N) is 1. The summed E-state index contributed by atoms with van der Waals surface area (Å²) in [6.45, 7) is 8.74. The smallest absolute Gasteiger partial charge is 0.170 e. The van der Waals surface area contributed by atoms with Crippen LogP contribution in [0, 0.1) is 37.9 Å². The van der Waals surface area contributed by atoms with E-state index in [0.29, 0.717) is 4.59 Å². The van der Waals surface area contributed by atoms with E-state index in [0.717, 1.165) is 5.69 Å². The summed E-state index contributed by atoms with van der Waals surface area (Å²) in [4.78, 5) is 0. The molecule has 0 unspecified atom stereocenters. The van der Waals surface area contributed by atoms with Gasteiger partial charge in [-0.1, -0.05) is 72.8 Å². The minimum absolute atomic E-state index is 0.427. The molecule has 0 aromatic heterocycles. The quantitative estimate of drug-likeness (QED) is 0.340. The third-order valence-corrected chi connectivity index (χ3v) is 5.86. The molecule has 6 nitrogen and oxygen atoms in total. The molecule has 4 rings (SSSR count). The molecule has 0 aliphatic carbocycles. The van der Waals surface area contributed by atoms with E-state index >= 15 is 0 Å². The van der Waals surface area contributed by atoms with Gasteiger partial charge in [0.1, 0.15) is 0 Å². The molecule has 0 heterocycles. The maximum atomic E-state index is 8.49. The van der Waals surface area contributed by atoms with Gasteiger partial charge in [0.2, 0.25) is 0 Å². The summed E-state index contributed by atoms with van der Waals surface area (Å²) in [5.41, 5.74) is 13.7. The highest BCUT2D eigenvalue weighted by Gasteiger charge is 2.41. The number of nitrogens with zero attached hydrogens (tertiary/aromatic N) is 1. The van der Waals surface area contributed by atoms with Crippen LogP contribution in [0.15, 0.2) is 97.1 Å². The van der Waals surface area contributed by atoms with Crippen LogP contribution in [0.5, 0.6) is 0 Å². The Morgan fingerprint density at radius 2 is 0.771 bits per heavy atom. The third kappa shape index (κ3) is 6.26. The normalized spacial score (nSPS) is 11.4. The molecular weight excluding hydrogens is 464 g/mol. The largest absolute Gasteiger partial charge is 0.222 e. The van der Waals surface area contributed by atoms with Crippen LogP contribution in [0.1, 0.15) is 22.3 Å². The van der Waals surface area contributed by atoms with Gasteiger partial charge in [-0.25, -0.2) is 24.1 Å². The van der Waals surface area contributed by atoms with Crippen LogP contribution in [0.4, 0.5) is 22.7 Å². The third-order valence-electron chi connectivity index (χ3n) is 5.86. The lowest BCUT2D eigenvalue weighted by Gasteiger charge is -2.40. The number of hydrogen-bond acceptors (Lipinski definition) is 5. The first-order chi connectivity index (χ1) is 16.5. The fourth-order valence-electron chi connectivity index (χ4n) is 4.27. The lowest BCUT2D eigenvalue weighted by Crippen LogP contribution is -2.68. The number of aryl methyl sites for hydroxylation is 4. The summed E-state index contributed by atoms with van der Waals surface area (Å²) in [5.74, 6) is 0. The Kier molecular flexibility index (Phi) is 8.30. The zero-order valence-electron chi connectivity index (χ0n) is 20.2. The van der Waals surface area contributed by atoms with E-state index in [1.807, 2.05) is 0 Å². The van der Waals surface area contributed by atoms with Gasteiger partial charge in [0, 0.05) is 34.9 Å². The SMILES string of the molecule is Cc1ccccc1N[N+](c1ccccc1C)(c1ccccc1C)c1ccccc1C.[O-][Cl+3]([O-])([O-])[O-]. The molecule has 182 valence electrons. The zero-order chi connectivity index (χ0) is 25.6. The minimum atomic E-state index is -4.94. The van der Waals surface area contributed by atoms with Gasteiger partial charge in [-0.2, -0.15) is 0 Å². The highest BCUT2D eigenvalue weighted by molar-refractivity contribution is 5.79. The number of para-hydroxylation sites is 4. The highest BCUT2D eigenvalue weighted by Crippen LogP contribution is 2.48. The van der Waals surface area contributed by atoms with Gasteiger partial charge in [0.05, 0.1) is 5.69 Å². The van der Waals surface area contributed by atoms with Gasteiger partial charge in [-0.15, -0.1) is 14.8 Å². The van der Waals surface area contributed by atoms with Gasteiger partial charge in [-0.05, 0) is 39.3 Å². The second-order valence-corrected chi connectivity index (χ2v) is 9.09. The van der Waals surface area contributed by atoms with Crippen molar-refractivity contribution in [3.8, 4) is 0 Å². The van der Waals surface area contributed by atoms with E-state index in [4.69, 9.17) is 18.6 Å². The van der Waals surface area contributed by atoms with E-state index in [1.165, 1.54) is 39.3 Å². The van der Waals surface area contributed by atoms with Crippen LogP contribution in [0.25, 0.3) is 0 Å². The predicted molar refractivity (Wildman–Crippen MR) is 129 cm³/mol. The van der Waals surface area contributed by atoms with E-state index < -0.39 is 10.2 Å². The first kappa shape index (κ1) is 26.4. The van der Waals surface area contributed by atoms with Crippen LogP contribution in [-0.4, -0.2) is 0 Å². The molecule has 0 saturated heterocycles. The average Bonchev–Trinajstić information content (AvgIpc) is 2.79. The fourth-order valence-corrected chi connectivity index (χ4v) is 4.27. The minimum Gasteiger partial charge on any atom is -0.222 e. The maximum Gasteiger partial charge on any atom is 0.170 e. The molecule has 0 fully saturated rings. The van der Waals surface area contributed by atoms with Gasteiger partial charge < -0.3 is 0 Å². The second kappa shape index (κ2) is 11.0. The summed E-state index contributed by atoms with van der Waals surface area (Å²) in [6.07, 6.45) is 0. The molecule has 0 radical (unpaired) electrons. The molecule has 4 aromatic rings. The van der Waals surface area contributed by atoms with Crippen LogP contribution in [0.3, 0.4) is 0 Å². The topological polar surface area (TPSA) is 104 Å². The fraction of sp³-hybridized carbons (Fsp3) is 0.143. The summed E-state index contributed by atoms with van der Waals surface area (Å²) in [6, 6.07) is 34.5. The summed E-state index contributed by atoms with van der Waals surface area (Å²) in [5, 5.41) is 0. The standard InChI is InChI=1S/C28H29N2.ClHO4/c1-21-13-5-9-17-25(21)29-30(26-18-10-6-14-22(26)2,27-19-11-7-15-23(27)3)28-20-12-8-16-24(28)4;2-1(3,4)5/h5-20,29H,1-4H3;(H,2,3,4,5)/q+1;/p-1. The Balaban J connectivity index is 0.000000623. The van der Waals surface area contributed by atoms with Crippen molar-refractivity contribution < 1.29 is 28.9 Å². The summed E-state index contributed by atoms with van der Waals surface area (Å²) < 4.78 is 34.4. The van der Waals surface area contributed by atoms with Gasteiger partial charge >= 0.3 is 0 Å². The van der Waals surface area contributed by atoms with Gasteiger partial charge in [0.15, 0.2) is 17.1 Å². The van der Waals surface area contributed by atoms with Crippen molar-refractivity contribution in [3.05, 3.63) is 119 Å². The molecule has 0 bridgehead atoms. The Bertz CT molecular complexity index is 1170. The monoisotopic (exact) mass is 492 g/mol. The van der Waals surface area contributed by atoms with Crippen LogP contribution in [0.2, 0.25) is 0 Å². The Hall–Kier alpha value is -3.23. The van der Waals surface area contributed by atoms with E-state index in [1.54, 1.807) is 0 Å². The second-order valence-electron chi connectivity index (χ2n) is 8.33. The number of halogens is 1. The van der Waals surface area contributed by atoms with Crippen molar-refractivity contribution in [2.75, 3.05) is 5.43 Å². The molecular formula is C28H29ClN2O4. The van der Waals surface area contributed by atoms with Crippen molar-refractivity contribution in [2.45, 2.75) is 27.7 Å². The van der Waals surface area contributed by atoms with E-state index in [-0.39, 0.29) is 0 Å². The first-order valence-electron chi connectivity index (χ1n) is 11.1. The molecule has 0 amide bonds. The number of rotatable bonds is 5. The number of hydrogen-bond donors (Lipinski definition) is 1. The Morgan fingerprint density at radius 3 is 1.09 bits per heavy atom. The Labute approximate surface area is 208 Å². The number of quaternary nitrogens is 1. The first-order valence-corrected chi connectivity index (χ1v) is 12.3. The molecule has 7 heteroatoms. The van der Waals surface area contributed by atoms with Gasteiger partial charge in [-0.3, -0.25) is 0 Å². The molecule has 0 aliphatic rings. The molecule has 0 atom stereocenters. The predicted octanol–water partition coefficient (Wildman–Crippen LogP) is 3.16. The number of benzene rings is 4. The van der Waals surface area contributed by atoms with Crippen molar-refractivity contribution in [2.24, 2.45) is 0 Å². The summed E-state index contributed by atoms with van der Waals surface area (Å²) >= 11 is 0. The molecule has 0 saturated carbocycles. The molecule has 0 spiro atoms. The van der Waals surface area contributed by atoms with Crippen LogP contribution in [-0.2, 0) is 0 Å². The van der Waals surface area contributed by atoms with E-state index in [2.05, 4.69) is 130 Å². The molecule has 0 aliphatic heterocycles. The van der Waals surface area contributed by atoms with Crippen molar-refractivity contribution in [1.82, 2.24) is 4.59 Å². The van der Waals surface area contributed by atoms with Gasteiger partial charge in [0.25, 0.3) is 0 Å². The van der Waals surface area contributed by atoms with Crippen molar-refractivity contribution >= 4 is 22.7 Å². The van der Waals surface area contributed by atoms with Crippen molar-refractivity contribution in [3.63, 3.8) is 0 Å². The lowest BCUT2D eigenvalue weighted by molar-refractivity contribution is -2.00.